The SMILES string of the molecule is Cc1n[nH]c2c1N=C(c1c(F)cccc1F)Nc1cnc(N3CCC[C@](C)(C#N)C3)cc1-2. The zero-order valence-electron chi connectivity index (χ0n) is 17.7. The van der Waals surface area contributed by atoms with Crippen molar-refractivity contribution in [2.75, 3.05) is 23.3 Å². The van der Waals surface area contributed by atoms with E-state index in [0.29, 0.717) is 29.3 Å². The second-order valence-electron chi connectivity index (χ2n) is 8.50. The van der Waals surface area contributed by atoms with Crippen LogP contribution in [0, 0.1) is 35.3 Å². The standard InChI is InChI=1S/C23H21F2N7/c1-13-20-21(31-30-13)14-9-18(32-8-4-7-23(2,11-26)12-32)27-10-17(14)28-22(29-20)19-15(24)5-3-6-16(19)25/h3,5-6,9-10H,4,7-8,12H2,1-2H3,(H,28,29)(H,30,31)/t23-/m1/s1. The number of piperidine rings is 1. The van der Waals surface area contributed by atoms with Crippen molar-refractivity contribution in [3.8, 4) is 17.3 Å². The van der Waals surface area contributed by atoms with Crippen LogP contribution >= 0.6 is 0 Å². The molecular weight excluding hydrogens is 412 g/mol. The molecule has 4 heterocycles. The lowest BCUT2D eigenvalue weighted by atomic mass is 9.83. The lowest BCUT2D eigenvalue weighted by molar-refractivity contribution is 0.348. The number of nitrogens with one attached hydrogen (secondary N) is 2. The van der Waals surface area contributed by atoms with Crippen LogP contribution in [0.25, 0.3) is 11.3 Å². The molecule has 0 spiro atoms. The molecule has 32 heavy (non-hydrogen) atoms. The molecule has 9 heteroatoms. The van der Waals surface area contributed by atoms with E-state index in [9.17, 15) is 14.0 Å². The summed E-state index contributed by atoms with van der Waals surface area (Å²) in [6.45, 7) is 5.13. The Bertz CT molecular complexity index is 1270. The van der Waals surface area contributed by atoms with Crippen LogP contribution in [0.5, 0.6) is 0 Å². The summed E-state index contributed by atoms with van der Waals surface area (Å²) in [7, 11) is 0. The lowest BCUT2D eigenvalue weighted by Gasteiger charge is -2.36. The quantitative estimate of drug-likeness (QED) is 0.612. The number of amidine groups is 1. The first kappa shape index (κ1) is 20.1. The van der Waals surface area contributed by atoms with Crippen LogP contribution in [0.4, 0.5) is 26.0 Å². The van der Waals surface area contributed by atoms with Crippen LogP contribution in [-0.2, 0) is 0 Å². The molecule has 1 fully saturated rings. The van der Waals surface area contributed by atoms with E-state index in [1.54, 1.807) is 13.1 Å². The first-order valence-electron chi connectivity index (χ1n) is 10.4. The second-order valence-corrected chi connectivity index (χ2v) is 8.50. The van der Waals surface area contributed by atoms with E-state index in [2.05, 4.69) is 36.5 Å². The van der Waals surface area contributed by atoms with Crippen molar-refractivity contribution in [1.29, 1.82) is 5.26 Å². The van der Waals surface area contributed by atoms with Gasteiger partial charge < -0.3 is 10.2 Å². The van der Waals surface area contributed by atoms with Crippen LogP contribution in [-0.4, -0.2) is 34.1 Å². The van der Waals surface area contributed by atoms with Crippen molar-refractivity contribution >= 4 is 23.0 Å². The summed E-state index contributed by atoms with van der Waals surface area (Å²) < 4.78 is 29.1. The Labute approximate surface area is 183 Å². The van der Waals surface area contributed by atoms with Gasteiger partial charge in [0.2, 0.25) is 0 Å². The maximum absolute atomic E-state index is 14.5. The van der Waals surface area contributed by atoms with Gasteiger partial charge in [0.1, 0.15) is 29.0 Å². The van der Waals surface area contributed by atoms with E-state index in [0.717, 1.165) is 30.8 Å². The number of hydrogen-bond acceptors (Lipinski definition) is 6. The lowest BCUT2D eigenvalue weighted by Crippen LogP contribution is -2.41. The highest BCUT2D eigenvalue weighted by Crippen LogP contribution is 2.41. The summed E-state index contributed by atoms with van der Waals surface area (Å²) >= 11 is 0. The zero-order valence-corrected chi connectivity index (χ0v) is 17.7. The van der Waals surface area contributed by atoms with Crippen molar-refractivity contribution in [3.63, 3.8) is 0 Å². The molecule has 2 aliphatic heterocycles. The number of fused-ring (bicyclic) bond motifs is 3. The van der Waals surface area contributed by atoms with E-state index in [4.69, 9.17) is 0 Å². The maximum Gasteiger partial charge on any atom is 0.144 e. The second kappa shape index (κ2) is 7.41. The number of aromatic amines is 1. The predicted octanol–water partition coefficient (Wildman–Crippen LogP) is 4.69. The molecule has 0 aliphatic carbocycles. The minimum absolute atomic E-state index is 0.0506. The number of halogens is 2. The number of nitriles is 1. The van der Waals surface area contributed by atoms with Gasteiger partial charge in [0, 0.05) is 18.7 Å². The Morgan fingerprint density at radius 2 is 2.03 bits per heavy atom. The summed E-state index contributed by atoms with van der Waals surface area (Å²) in [5, 5.41) is 19.9. The molecule has 0 saturated carbocycles. The number of aliphatic imine (C=N–C) groups is 1. The first-order chi connectivity index (χ1) is 15.4. The van der Waals surface area contributed by atoms with Gasteiger partial charge in [-0.3, -0.25) is 5.10 Å². The maximum atomic E-state index is 14.5. The zero-order chi connectivity index (χ0) is 22.5. The predicted molar refractivity (Wildman–Crippen MR) is 118 cm³/mol. The molecule has 5 rings (SSSR count). The van der Waals surface area contributed by atoms with E-state index >= 15 is 0 Å². The highest BCUT2D eigenvalue weighted by Gasteiger charge is 2.32. The molecule has 162 valence electrons. The number of rotatable bonds is 2. The Morgan fingerprint density at radius 1 is 1.25 bits per heavy atom. The van der Waals surface area contributed by atoms with Gasteiger partial charge in [0.05, 0.1) is 40.3 Å². The highest BCUT2D eigenvalue weighted by molar-refractivity contribution is 6.13. The Morgan fingerprint density at radius 3 is 2.78 bits per heavy atom. The molecule has 1 aromatic carbocycles. The normalized spacial score (nSPS) is 19.8. The van der Waals surface area contributed by atoms with E-state index < -0.39 is 17.0 Å². The summed E-state index contributed by atoms with van der Waals surface area (Å²) in [5.41, 5.74) is 2.38. The van der Waals surface area contributed by atoms with Gasteiger partial charge in [-0.25, -0.2) is 18.8 Å². The topological polar surface area (TPSA) is 93.0 Å². The van der Waals surface area contributed by atoms with Crippen LogP contribution < -0.4 is 10.2 Å². The van der Waals surface area contributed by atoms with Crippen LogP contribution in [0.15, 0.2) is 35.5 Å². The summed E-state index contributed by atoms with van der Waals surface area (Å²) in [4.78, 5) is 11.2. The van der Waals surface area contributed by atoms with E-state index in [1.165, 1.54) is 18.2 Å². The number of pyridine rings is 1. The molecule has 3 aromatic rings. The number of aromatic nitrogens is 3. The summed E-state index contributed by atoms with van der Waals surface area (Å²) in [6.07, 6.45) is 3.37. The Kier molecular flexibility index (Phi) is 4.66. The fourth-order valence-electron chi connectivity index (χ4n) is 4.31. The number of anilines is 2. The molecule has 2 aromatic heterocycles. The number of nitrogens with zero attached hydrogens (tertiary/aromatic N) is 5. The molecule has 0 radical (unpaired) electrons. The Balaban J connectivity index is 1.62. The average Bonchev–Trinajstić information content (AvgIpc) is 3.05. The molecule has 1 saturated heterocycles. The molecule has 0 bridgehead atoms. The fraction of sp³-hybridized carbons (Fsp3) is 0.304. The van der Waals surface area contributed by atoms with E-state index in [-0.39, 0.29) is 11.4 Å². The summed E-state index contributed by atoms with van der Waals surface area (Å²) in [5.74, 6) is -0.646. The monoisotopic (exact) mass is 433 g/mol. The van der Waals surface area contributed by atoms with Gasteiger partial charge >= 0.3 is 0 Å². The van der Waals surface area contributed by atoms with Crippen molar-refractivity contribution in [3.05, 3.63) is 53.4 Å². The third kappa shape index (κ3) is 3.28. The van der Waals surface area contributed by atoms with Gasteiger partial charge in [0.25, 0.3) is 0 Å². The number of benzene rings is 1. The molecule has 0 unspecified atom stereocenters. The third-order valence-electron chi connectivity index (χ3n) is 6.04. The highest BCUT2D eigenvalue weighted by atomic mass is 19.1. The van der Waals surface area contributed by atoms with Gasteiger partial charge in [0.15, 0.2) is 0 Å². The Hall–Kier alpha value is -3.80. The van der Waals surface area contributed by atoms with Crippen molar-refractivity contribution in [2.24, 2.45) is 10.4 Å². The van der Waals surface area contributed by atoms with Gasteiger partial charge in [-0.2, -0.15) is 10.4 Å². The van der Waals surface area contributed by atoms with Crippen LogP contribution in [0.2, 0.25) is 0 Å². The molecule has 0 amide bonds. The minimum atomic E-state index is -0.712. The van der Waals surface area contributed by atoms with Crippen molar-refractivity contribution in [1.82, 2.24) is 15.2 Å². The largest absolute Gasteiger partial charge is 0.355 e. The molecule has 7 nitrogen and oxygen atoms in total. The van der Waals surface area contributed by atoms with Crippen LogP contribution in [0.1, 0.15) is 31.0 Å². The van der Waals surface area contributed by atoms with E-state index in [1.807, 2.05) is 13.0 Å². The smallest absolute Gasteiger partial charge is 0.144 e. The molecular formula is C23H21F2N7. The number of H-pyrrole nitrogens is 1. The minimum Gasteiger partial charge on any atom is -0.355 e. The summed E-state index contributed by atoms with van der Waals surface area (Å²) in [6, 6.07) is 8.03. The molecule has 2 N–H and O–H groups in total. The molecule has 1 atom stereocenters. The first-order valence-corrected chi connectivity index (χ1v) is 10.4. The number of hydrogen-bond donors (Lipinski definition) is 2. The third-order valence-corrected chi connectivity index (χ3v) is 6.04. The fourth-order valence-corrected chi connectivity index (χ4v) is 4.31. The molecule has 2 aliphatic rings. The van der Waals surface area contributed by atoms with Gasteiger partial charge in [-0.15, -0.1) is 0 Å². The van der Waals surface area contributed by atoms with Crippen molar-refractivity contribution < 1.29 is 8.78 Å². The van der Waals surface area contributed by atoms with Crippen molar-refractivity contribution in [2.45, 2.75) is 26.7 Å². The average molecular weight is 433 g/mol. The van der Waals surface area contributed by atoms with Gasteiger partial charge in [-0.1, -0.05) is 6.07 Å². The van der Waals surface area contributed by atoms with Crippen LogP contribution in [0.3, 0.4) is 0 Å². The van der Waals surface area contributed by atoms with Gasteiger partial charge in [-0.05, 0) is 44.9 Å². The number of aryl methyl sites for hydroxylation is 1.